The molecule has 0 saturated carbocycles. The molecule has 4 aromatic heterocycles. The number of fused-ring (bicyclic) bond motifs is 2. The summed E-state index contributed by atoms with van der Waals surface area (Å²) >= 11 is 4.73. The molecule has 0 aliphatic carbocycles. The van der Waals surface area contributed by atoms with Gasteiger partial charge in [0.2, 0.25) is 0 Å². The molecule has 9 heteroatoms. The van der Waals surface area contributed by atoms with Crippen molar-refractivity contribution < 1.29 is 0 Å². The Bertz CT molecular complexity index is 1350. The fourth-order valence-corrected chi connectivity index (χ4v) is 5.70. The molecule has 5 aromatic rings. The molecule has 1 aromatic carbocycles. The van der Waals surface area contributed by atoms with E-state index < -0.39 is 0 Å². The minimum Gasteiger partial charge on any atom is -0.302 e. The van der Waals surface area contributed by atoms with Gasteiger partial charge in [-0.25, -0.2) is 4.98 Å². The minimum absolute atomic E-state index is 0.0516. The van der Waals surface area contributed by atoms with Crippen LogP contribution in [0.15, 0.2) is 57.2 Å². The number of aromatic nitrogens is 5. The van der Waals surface area contributed by atoms with Gasteiger partial charge in [0, 0.05) is 51.0 Å². The molecular weight excluding hydrogens is 410 g/mol. The summed E-state index contributed by atoms with van der Waals surface area (Å²) in [6.07, 6.45) is 1.75. The predicted octanol–water partition coefficient (Wildman–Crippen LogP) is 4.54. The van der Waals surface area contributed by atoms with Gasteiger partial charge in [-0.3, -0.25) is 9.20 Å². The normalized spacial score (nSPS) is 11.6. The Morgan fingerprint density at radius 3 is 2.96 bits per heavy atom. The van der Waals surface area contributed by atoms with Crippen molar-refractivity contribution in [3.8, 4) is 11.4 Å². The highest BCUT2D eigenvalue weighted by molar-refractivity contribution is 7.98. The summed E-state index contributed by atoms with van der Waals surface area (Å²) in [5.41, 5.74) is 1.81. The highest BCUT2D eigenvalue weighted by Gasteiger charge is 2.17. The van der Waals surface area contributed by atoms with E-state index in [9.17, 15) is 4.79 Å². The molecule has 0 aliphatic heterocycles. The second kappa shape index (κ2) is 7.16. The van der Waals surface area contributed by atoms with E-state index in [1.807, 2.05) is 11.4 Å². The number of thiazole rings is 1. The smallest absolute Gasteiger partial charge is 0.258 e. The monoisotopic (exact) mass is 425 g/mol. The zero-order chi connectivity index (χ0) is 19.1. The molecule has 0 atom stereocenters. The molecule has 0 fully saturated rings. The first-order chi connectivity index (χ1) is 13.7. The lowest BCUT2D eigenvalue weighted by molar-refractivity contribution is 0.687. The van der Waals surface area contributed by atoms with Crippen molar-refractivity contribution in [1.29, 1.82) is 0 Å². The van der Waals surface area contributed by atoms with Crippen molar-refractivity contribution in [2.24, 2.45) is 0 Å². The van der Waals surface area contributed by atoms with Gasteiger partial charge >= 0.3 is 0 Å². The van der Waals surface area contributed by atoms with Crippen LogP contribution >= 0.6 is 34.4 Å². The third-order valence-electron chi connectivity index (χ3n) is 4.46. The lowest BCUT2D eigenvalue weighted by Gasteiger charge is -2.07. The lowest BCUT2D eigenvalue weighted by Crippen LogP contribution is -2.12. The standard InChI is InChI=1S/C19H15N5OS3/c1-2-23-17(14-11-27-15-6-4-3-5-13(14)15)21-22-19(23)28-10-12-9-16(25)24-7-8-26-18(24)20-12/h3-9,11H,2,10H2,1H3. The van der Waals surface area contributed by atoms with Crippen LogP contribution in [-0.2, 0) is 12.3 Å². The van der Waals surface area contributed by atoms with Crippen molar-refractivity contribution >= 4 is 49.5 Å². The molecule has 0 spiro atoms. The Morgan fingerprint density at radius 2 is 2.07 bits per heavy atom. The molecule has 0 bridgehead atoms. The van der Waals surface area contributed by atoms with E-state index in [-0.39, 0.29) is 5.56 Å². The molecule has 0 saturated heterocycles. The molecule has 5 rings (SSSR count). The van der Waals surface area contributed by atoms with Crippen molar-refractivity contribution in [3.63, 3.8) is 0 Å². The van der Waals surface area contributed by atoms with Crippen LogP contribution < -0.4 is 5.56 Å². The molecule has 0 amide bonds. The third-order valence-corrected chi connectivity index (χ3v) is 7.18. The van der Waals surface area contributed by atoms with Crippen LogP contribution in [0.1, 0.15) is 12.6 Å². The average molecular weight is 426 g/mol. The fourth-order valence-electron chi connectivity index (χ4n) is 3.13. The topological polar surface area (TPSA) is 65.1 Å². The fraction of sp³-hybridized carbons (Fsp3) is 0.158. The Morgan fingerprint density at radius 1 is 1.18 bits per heavy atom. The van der Waals surface area contributed by atoms with E-state index in [0.717, 1.165) is 28.8 Å². The van der Waals surface area contributed by atoms with Crippen LogP contribution in [0, 0.1) is 0 Å². The lowest BCUT2D eigenvalue weighted by atomic mass is 10.1. The van der Waals surface area contributed by atoms with Gasteiger partial charge in [0.1, 0.15) is 0 Å². The van der Waals surface area contributed by atoms with Crippen LogP contribution in [-0.4, -0.2) is 24.1 Å². The van der Waals surface area contributed by atoms with Crippen molar-refractivity contribution in [2.45, 2.75) is 24.4 Å². The summed E-state index contributed by atoms with van der Waals surface area (Å²) in [6, 6.07) is 9.93. The molecule has 0 aliphatic rings. The first kappa shape index (κ1) is 17.6. The van der Waals surface area contributed by atoms with Gasteiger partial charge in [-0.2, -0.15) is 0 Å². The molecule has 0 radical (unpaired) electrons. The van der Waals surface area contributed by atoms with Gasteiger partial charge < -0.3 is 4.57 Å². The average Bonchev–Trinajstić information content (AvgIpc) is 3.43. The highest BCUT2D eigenvalue weighted by Crippen LogP contribution is 2.34. The van der Waals surface area contributed by atoms with Gasteiger partial charge in [-0.05, 0) is 13.0 Å². The van der Waals surface area contributed by atoms with E-state index in [2.05, 4.69) is 50.3 Å². The highest BCUT2D eigenvalue weighted by atomic mass is 32.2. The zero-order valence-corrected chi connectivity index (χ0v) is 17.4. The Balaban J connectivity index is 1.47. The summed E-state index contributed by atoms with van der Waals surface area (Å²) < 4.78 is 4.93. The molecular formula is C19H15N5OS3. The first-order valence-electron chi connectivity index (χ1n) is 8.73. The number of benzene rings is 1. The first-order valence-corrected chi connectivity index (χ1v) is 11.5. The van der Waals surface area contributed by atoms with Crippen molar-refractivity contribution in [2.75, 3.05) is 0 Å². The zero-order valence-electron chi connectivity index (χ0n) is 14.9. The van der Waals surface area contributed by atoms with E-state index in [1.54, 1.807) is 39.8 Å². The maximum Gasteiger partial charge on any atom is 0.258 e. The number of hydrogen-bond acceptors (Lipinski definition) is 7. The molecule has 6 nitrogen and oxygen atoms in total. The summed E-state index contributed by atoms with van der Waals surface area (Å²) in [6.45, 7) is 2.86. The summed E-state index contributed by atoms with van der Waals surface area (Å²) in [5.74, 6) is 1.45. The Labute approximate surface area is 172 Å². The molecule has 0 unspecified atom stereocenters. The summed E-state index contributed by atoms with van der Waals surface area (Å²) in [7, 11) is 0. The second-order valence-corrected chi connectivity index (χ2v) is 8.85. The number of rotatable bonds is 5. The summed E-state index contributed by atoms with van der Waals surface area (Å²) in [4.78, 5) is 17.4. The second-order valence-electron chi connectivity index (χ2n) is 6.13. The predicted molar refractivity (Wildman–Crippen MR) is 115 cm³/mol. The minimum atomic E-state index is -0.0516. The Hall–Kier alpha value is -2.49. The van der Waals surface area contributed by atoms with E-state index in [4.69, 9.17) is 0 Å². The van der Waals surface area contributed by atoms with Crippen molar-refractivity contribution in [3.05, 3.63) is 63.3 Å². The number of nitrogens with zero attached hydrogens (tertiary/aromatic N) is 5. The maximum atomic E-state index is 12.2. The molecule has 28 heavy (non-hydrogen) atoms. The van der Waals surface area contributed by atoms with Crippen LogP contribution in [0.3, 0.4) is 0 Å². The van der Waals surface area contributed by atoms with Crippen LogP contribution in [0.25, 0.3) is 26.4 Å². The SMILES string of the molecule is CCn1c(SCc2cc(=O)n3ccsc3n2)nnc1-c1csc2ccccc12. The Kier molecular flexibility index (Phi) is 4.50. The van der Waals surface area contributed by atoms with Crippen LogP contribution in [0.2, 0.25) is 0 Å². The number of hydrogen-bond donors (Lipinski definition) is 0. The van der Waals surface area contributed by atoms with Gasteiger partial charge in [-0.15, -0.1) is 32.9 Å². The quantitative estimate of drug-likeness (QED) is 0.387. The summed E-state index contributed by atoms with van der Waals surface area (Å²) in [5, 5.41) is 14.9. The van der Waals surface area contributed by atoms with E-state index in [0.29, 0.717) is 10.7 Å². The van der Waals surface area contributed by atoms with E-state index >= 15 is 0 Å². The number of thiophene rings is 1. The van der Waals surface area contributed by atoms with Gasteiger partial charge in [-0.1, -0.05) is 30.0 Å². The third kappa shape index (κ3) is 2.95. The molecule has 4 heterocycles. The van der Waals surface area contributed by atoms with Gasteiger partial charge in [0.15, 0.2) is 15.9 Å². The van der Waals surface area contributed by atoms with Gasteiger partial charge in [0.25, 0.3) is 5.56 Å². The maximum absolute atomic E-state index is 12.2. The van der Waals surface area contributed by atoms with E-state index in [1.165, 1.54) is 21.4 Å². The van der Waals surface area contributed by atoms with Crippen LogP contribution in [0.5, 0.6) is 0 Å². The van der Waals surface area contributed by atoms with Crippen LogP contribution in [0.4, 0.5) is 0 Å². The molecule has 140 valence electrons. The van der Waals surface area contributed by atoms with Gasteiger partial charge in [0.05, 0.1) is 5.69 Å². The van der Waals surface area contributed by atoms with Crippen molar-refractivity contribution in [1.82, 2.24) is 24.1 Å². The number of thioether (sulfide) groups is 1. The largest absolute Gasteiger partial charge is 0.302 e. The molecule has 0 N–H and O–H groups in total.